The molecule has 0 spiro atoms. The molecule has 0 fully saturated rings. The molecule has 0 heterocycles. The average molecular weight is 264 g/mol. The van der Waals surface area contributed by atoms with Crippen molar-refractivity contribution in [3.05, 3.63) is 0 Å². The fourth-order valence-corrected chi connectivity index (χ4v) is 2.20. The highest BCUT2D eigenvalue weighted by atomic mass is 32.2. The fraction of sp³-hybridized carbons (Fsp3) is 1.00. The summed E-state index contributed by atoms with van der Waals surface area (Å²) in [7, 11) is -4.18. The van der Waals surface area contributed by atoms with Gasteiger partial charge in [-0.25, -0.2) is 4.72 Å². The molecule has 0 atom stereocenters. The standard InChI is InChI=1S/C7H15F3N2O3S/c1-2-3-11-16(14,15)12(4-5-13)6-7(8,9)10/h11,13H,2-6H2,1H3. The third-order valence-corrected chi connectivity index (χ3v) is 3.14. The summed E-state index contributed by atoms with van der Waals surface area (Å²) in [6.07, 6.45) is -4.16. The Hall–Kier alpha value is -0.380. The lowest BCUT2D eigenvalue weighted by molar-refractivity contribution is -0.136. The van der Waals surface area contributed by atoms with Gasteiger partial charge in [0, 0.05) is 13.1 Å². The molecule has 0 aliphatic rings. The molecule has 0 aromatic rings. The molecule has 0 saturated heterocycles. The number of halogens is 3. The summed E-state index contributed by atoms with van der Waals surface area (Å²) >= 11 is 0. The van der Waals surface area contributed by atoms with Gasteiger partial charge in [-0.2, -0.15) is 25.9 Å². The Balaban J connectivity index is 4.63. The largest absolute Gasteiger partial charge is 0.402 e. The quantitative estimate of drug-likeness (QED) is 0.684. The van der Waals surface area contributed by atoms with E-state index in [0.29, 0.717) is 6.42 Å². The smallest absolute Gasteiger partial charge is 0.395 e. The summed E-state index contributed by atoms with van der Waals surface area (Å²) in [5.74, 6) is 0. The van der Waals surface area contributed by atoms with Crippen molar-refractivity contribution in [1.29, 1.82) is 0 Å². The van der Waals surface area contributed by atoms with Gasteiger partial charge in [0.1, 0.15) is 6.54 Å². The Labute approximate surface area is 92.4 Å². The Morgan fingerprint density at radius 2 is 1.94 bits per heavy atom. The highest BCUT2D eigenvalue weighted by Gasteiger charge is 2.35. The van der Waals surface area contributed by atoms with Gasteiger partial charge in [-0.3, -0.25) is 0 Å². The second-order valence-corrected chi connectivity index (χ2v) is 4.83. The number of alkyl halides is 3. The molecule has 0 rings (SSSR count). The predicted octanol–water partition coefficient (Wildman–Crippen LogP) is 0.0874. The van der Waals surface area contributed by atoms with E-state index in [0.717, 1.165) is 0 Å². The fourth-order valence-electron chi connectivity index (χ4n) is 0.918. The van der Waals surface area contributed by atoms with E-state index in [1.807, 2.05) is 4.72 Å². The Kier molecular flexibility index (Phi) is 6.23. The molecule has 0 amide bonds. The van der Waals surface area contributed by atoms with Gasteiger partial charge < -0.3 is 5.11 Å². The molecule has 0 unspecified atom stereocenters. The van der Waals surface area contributed by atoms with Crippen molar-refractivity contribution in [2.45, 2.75) is 19.5 Å². The lowest BCUT2D eigenvalue weighted by Gasteiger charge is -2.22. The molecular weight excluding hydrogens is 249 g/mol. The number of aliphatic hydroxyl groups excluding tert-OH is 1. The van der Waals surface area contributed by atoms with Gasteiger partial charge in [0.2, 0.25) is 0 Å². The molecule has 2 N–H and O–H groups in total. The Morgan fingerprint density at radius 3 is 2.31 bits per heavy atom. The normalized spacial score (nSPS) is 13.4. The SMILES string of the molecule is CCCNS(=O)(=O)N(CCO)CC(F)(F)F. The molecule has 9 heteroatoms. The van der Waals surface area contributed by atoms with Crippen molar-refractivity contribution in [3.63, 3.8) is 0 Å². The first-order valence-electron chi connectivity index (χ1n) is 4.65. The third kappa shape index (κ3) is 6.26. The topological polar surface area (TPSA) is 69.6 Å². The van der Waals surface area contributed by atoms with Crippen molar-refractivity contribution in [2.24, 2.45) is 0 Å². The second-order valence-electron chi connectivity index (χ2n) is 3.07. The van der Waals surface area contributed by atoms with E-state index in [1.54, 1.807) is 6.92 Å². The van der Waals surface area contributed by atoms with E-state index in [-0.39, 0.29) is 10.8 Å². The van der Waals surface area contributed by atoms with E-state index in [1.165, 1.54) is 0 Å². The molecule has 0 aliphatic heterocycles. The maximum absolute atomic E-state index is 12.1. The van der Waals surface area contributed by atoms with Gasteiger partial charge in [-0.15, -0.1) is 0 Å². The van der Waals surface area contributed by atoms with Crippen LogP contribution in [0.5, 0.6) is 0 Å². The summed E-state index contributed by atoms with van der Waals surface area (Å²) in [6.45, 7) is -1.11. The summed E-state index contributed by atoms with van der Waals surface area (Å²) in [5, 5.41) is 8.52. The number of nitrogens with one attached hydrogen (secondary N) is 1. The van der Waals surface area contributed by atoms with Crippen LogP contribution in [0, 0.1) is 0 Å². The van der Waals surface area contributed by atoms with Crippen LogP contribution in [0.25, 0.3) is 0 Å². The molecule has 98 valence electrons. The molecular formula is C7H15F3N2O3S. The van der Waals surface area contributed by atoms with Gasteiger partial charge in [0.25, 0.3) is 10.2 Å². The van der Waals surface area contributed by atoms with Crippen LogP contribution in [-0.2, 0) is 10.2 Å². The summed E-state index contributed by atoms with van der Waals surface area (Å²) in [4.78, 5) is 0. The van der Waals surface area contributed by atoms with E-state index >= 15 is 0 Å². The monoisotopic (exact) mass is 264 g/mol. The van der Waals surface area contributed by atoms with Gasteiger partial charge in [-0.1, -0.05) is 6.92 Å². The van der Waals surface area contributed by atoms with E-state index < -0.39 is 36.1 Å². The van der Waals surface area contributed by atoms with E-state index in [4.69, 9.17) is 5.11 Å². The molecule has 16 heavy (non-hydrogen) atoms. The average Bonchev–Trinajstić information content (AvgIpc) is 2.12. The lowest BCUT2D eigenvalue weighted by Crippen LogP contribution is -2.46. The van der Waals surface area contributed by atoms with Crippen LogP contribution in [-0.4, -0.2) is 50.2 Å². The third-order valence-electron chi connectivity index (χ3n) is 1.58. The molecule has 0 saturated carbocycles. The van der Waals surface area contributed by atoms with Gasteiger partial charge in [-0.05, 0) is 6.42 Å². The number of hydrogen-bond donors (Lipinski definition) is 2. The molecule has 0 bridgehead atoms. The van der Waals surface area contributed by atoms with E-state index in [2.05, 4.69) is 0 Å². The molecule has 0 aliphatic carbocycles. The zero-order valence-electron chi connectivity index (χ0n) is 8.79. The summed E-state index contributed by atoms with van der Waals surface area (Å²) in [6, 6.07) is 0. The van der Waals surface area contributed by atoms with Gasteiger partial charge in [0.05, 0.1) is 6.61 Å². The minimum Gasteiger partial charge on any atom is -0.395 e. The number of nitrogens with zero attached hydrogens (tertiary/aromatic N) is 1. The lowest BCUT2D eigenvalue weighted by atomic mass is 10.5. The minimum absolute atomic E-state index is 0.0577. The van der Waals surface area contributed by atoms with Crippen LogP contribution >= 0.6 is 0 Å². The van der Waals surface area contributed by atoms with E-state index in [9.17, 15) is 21.6 Å². The zero-order chi connectivity index (χ0) is 12.8. The van der Waals surface area contributed by atoms with Crippen molar-refractivity contribution >= 4 is 10.2 Å². The van der Waals surface area contributed by atoms with Crippen LogP contribution in [0.2, 0.25) is 0 Å². The minimum atomic E-state index is -4.63. The highest BCUT2D eigenvalue weighted by molar-refractivity contribution is 7.87. The van der Waals surface area contributed by atoms with Crippen molar-refractivity contribution in [3.8, 4) is 0 Å². The van der Waals surface area contributed by atoms with Gasteiger partial charge in [0.15, 0.2) is 0 Å². The Bertz CT molecular complexity index is 292. The van der Waals surface area contributed by atoms with Crippen LogP contribution < -0.4 is 4.72 Å². The molecule has 0 aromatic heterocycles. The van der Waals surface area contributed by atoms with Gasteiger partial charge >= 0.3 is 6.18 Å². The Morgan fingerprint density at radius 1 is 1.38 bits per heavy atom. The second kappa shape index (κ2) is 6.38. The highest BCUT2D eigenvalue weighted by Crippen LogP contribution is 2.17. The van der Waals surface area contributed by atoms with Crippen molar-refractivity contribution in [1.82, 2.24) is 9.03 Å². The predicted molar refractivity (Wildman–Crippen MR) is 51.9 cm³/mol. The first-order chi connectivity index (χ1) is 7.23. The molecule has 0 aromatic carbocycles. The molecule has 5 nitrogen and oxygen atoms in total. The maximum Gasteiger partial charge on any atom is 0.402 e. The first-order valence-corrected chi connectivity index (χ1v) is 6.09. The number of aliphatic hydroxyl groups is 1. The number of hydrogen-bond acceptors (Lipinski definition) is 3. The summed E-state index contributed by atoms with van der Waals surface area (Å²) < 4.78 is 61.1. The first kappa shape index (κ1) is 15.6. The maximum atomic E-state index is 12.1. The molecule has 0 radical (unpaired) electrons. The van der Waals surface area contributed by atoms with Crippen LogP contribution in [0.3, 0.4) is 0 Å². The van der Waals surface area contributed by atoms with Crippen LogP contribution in [0.4, 0.5) is 13.2 Å². The van der Waals surface area contributed by atoms with Crippen LogP contribution in [0.15, 0.2) is 0 Å². The van der Waals surface area contributed by atoms with Crippen molar-refractivity contribution in [2.75, 3.05) is 26.2 Å². The summed E-state index contributed by atoms with van der Waals surface area (Å²) in [5.41, 5.74) is 0. The number of rotatable bonds is 7. The van der Waals surface area contributed by atoms with Crippen molar-refractivity contribution < 1.29 is 26.7 Å². The van der Waals surface area contributed by atoms with Crippen LogP contribution in [0.1, 0.15) is 13.3 Å². The zero-order valence-corrected chi connectivity index (χ0v) is 9.61.